The van der Waals surface area contributed by atoms with Crippen LogP contribution in [0.25, 0.3) is 0 Å². The lowest BCUT2D eigenvalue weighted by atomic mass is 10.00. The van der Waals surface area contributed by atoms with Gasteiger partial charge in [-0.3, -0.25) is 19.2 Å². The Bertz CT molecular complexity index is 809. The van der Waals surface area contributed by atoms with E-state index in [1.165, 1.54) is 11.8 Å². The topological polar surface area (TPSA) is 116 Å². The van der Waals surface area contributed by atoms with Crippen LogP contribution in [0.4, 0.5) is 5.69 Å². The Labute approximate surface area is 162 Å². The number of carboxylic acids is 1. The van der Waals surface area contributed by atoms with E-state index in [1.807, 2.05) is 0 Å². The molecule has 1 fully saturated rings. The molecule has 0 saturated carbocycles. The molecule has 150 valence electrons. The second-order valence-electron chi connectivity index (χ2n) is 6.96. The van der Waals surface area contributed by atoms with Crippen molar-refractivity contribution in [2.45, 2.75) is 25.9 Å². The number of aliphatic carboxylic acids is 1. The summed E-state index contributed by atoms with van der Waals surface area (Å²) in [7, 11) is 0. The Morgan fingerprint density at radius 1 is 1.32 bits per heavy atom. The quantitative estimate of drug-likeness (QED) is 0.750. The SMILES string of the molecule is CC(=O)N(CC(=O)O)CC1CN(C(=O)c2ccc3c(c2)CCC(=O)N3)CCO1. The summed E-state index contributed by atoms with van der Waals surface area (Å²) in [5.41, 5.74) is 2.20. The molecular weight excluding hydrogens is 366 g/mol. The number of rotatable bonds is 5. The molecule has 0 aromatic heterocycles. The minimum Gasteiger partial charge on any atom is -0.480 e. The van der Waals surface area contributed by atoms with E-state index in [0.717, 1.165) is 11.3 Å². The predicted molar refractivity (Wildman–Crippen MR) is 98.9 cm³/mol. The van der Waals surface area contributed by atoms with Crippen molar-refractivity contribution in [3.63, 3.8) is 0 Å². The molecule has 1 aromatic carbocycles. The molecule has 0 aliphatic carbocycles. The fourth-order valence-electron chi connectivity index (χ4n) is 3.43. The summed E-state index contributed by atoms with van der Waals surface area (Å²) in [6.45, 7) is 2.02. The van der Waals surface area contributed by atoms with Crippen molar-refractivity contribution in [2.24, 2.45) is 0 Å². The van der Waals surface area contributed by atoms with Gasteiger partial charge in [-0.1, -0.05) is 0 Å². The molecule has 9 heteroatoms. The molecule has 2 aliphatic heterocycles. The normalized spacial score (nSPS) is 18.8. The molecule has 3 rings (SSSR count). The van der Waals surface area contributed by atoms with E-state index in [0.29, 0.717) is 31.6 Å². The molecule has 9 nitrogen and oxygen atoms in total. The number of carbonyl (C=O) groups is 4. The summed E-state index contributed by atoms with van der Waals surface area (Å²) in [6.07, 6.45) is 0.545. The number of aryl methyl sites for hydroxylation is 1. The number of benzene rings is 1. The molecule has 1 saturated heterocycles. The van der Waals surface area contributed by atoms with E-state index in [1.54, 1.807) is 23.1 Å². The van der Waals surface area contributed by atoms with E-state index in [4.69, 9.17) is 9.84 Å². The van der Waals surface area contributed by atoms with E-state index in [9.17, 15) is 19.2 Å². The van der Waals surface area contributed by atoms with Crippen molar-refractivity contribution >= 4 is 29.4 Å². The second kappa shape index (κ2) is 8.39. The van der Waals surface area contributed by atoms with Gasteiger partial charge in [0.1, 0.15) is 6.54 Å². The number of nitrogens with zero attached hydrogens (tertiary/aromatic N) is 2. The van der Waals surface area contributed by atoms with Gasteiger partial charge in [-0.2, -0.15) is 0 Å². The van der Waals surface area contributed by atoms with Crippen molar-refractivity contribution in [3.8, 4) is 0 Å². The van der Waals surface area contributed by atoms with Crippen LogP contribution in [0, 0.1) is 0 Å². The number of morpholine rings is 1. The number of nitrogens with one attached hydrogen (secondary N) is 1. The van der Waals surface area contributed by atoms with Crippen LogP contribution in [0.1, 0.15) is 29.3 Å². The van der Waals surface area contributed by atoms with Crippen molar-refractivity contribution in [1.29, 1.82) is 0 Å². The van der Waals surface area contributed by atoms with Gasteiger partial charge in [0.2, 0.25) is 11.8 Å². The Kier molecular flexibility index (Phi) is 5.93. The second-order valence-corrected chi connectivity index (χ2v) is 6.96. The first-order valence-corrected chi connectivity index (χ1v) is 9.14. The molecule has 28 heavy (non-hydrogen) atoms. The molecule has 3 amide bonds. The minimum atomic E-state index is -1.10. The highest BCUT2D eigenvalue weighted by molar-refractivity contribution is 5.98. The summed E-state index contributed by atoms with van der Waals surface area (Å²) >= 11 is 0. The highest BCUT2D eigenvalue weighted by Gasteiger charge is 2.28. The number of hydrogen-bond donors (Lipinski definition) is 2. The Hall–Kier alpha value is -2.94. The maximum Gasteiger partial charge on any atom is 0.323 e. The van der Waals surface area contributed by atoms with Gasteiger partial charge in [0.15, 0.2) is 0 Å². The maximum absolute atomic E-state index is 12.9. The third-order valence-corrected chi connectivity index (χ3v) is 4.87. The first-order chi connectivity index (χ1) is 13.3. The highest BCUT2D eigenvalue weighted by Crippen LogP contribution is 2.24. The zero-order chi connectivity index (χ0) is 20.3. The summed E-state index contributed by atoms with van der Waals surface area (Å²) in [5, 5.41) is 11.7. The molecule has 1 atom stereocenters. The Morgan fingerprint density at radius 2 is 2.11 bits per heavy atom. The Morgan fingerprint density at radius 3 is 2.82 bits per heavy atom. The van der Waals surface area contributed by atoms with Gasteiger partial charge in [0, 0.05) is 44.2 Å². The first kappa shape index (κ1) is 19.8. The van der Waals surface area contributed by atoms with Crippen LogP contribution < -0.4 is 5.32 Å². The van der Waals surface area contributed by atoms with Gasteiger partial charge in [-0.05, 0) is 30.2 Å². The molecule has 1 aromatic rings. The molecule has 2 N–H and O–H groups in total. The average Bonchev–Trinajstić information content (AvgIpc) is 2.66. The first-order valence-electron chi connectivity index (χ1n) is 9.14. The number of anilines is 1. The van der Waals surface area contributed by atoms with Crippen LogP contribution >= 0.6 is 0 Å². The molecule has 0 bridgehead atoms. The number of amides is 3. The number of fused-ring (bicyclic) bond motifs is 1. The van der Waals surface area contributed by atoms with Crippen LogP contribution in [0.2, 0.25) is 0 Å². The molecule has 2 heterocycles. The third kappa shape index (κ3) is 4.66. The van der Waals surface area contributed by atoms with Crippen LogP contribution in [0.15, 0.2) is 18.2 Å². The van der Waals surface area contributed by atoms with Crippen LogP contribution in [0.5, 0.6) is 0 Å². The average molecular weight is 389 g/mol. The van der Waals surface area contributed by atoms with Crippen molar-refractivity contribution in [1.82, 2.24) is 9.80 Å². The van der Waals surface area contributed by atoms with E-state index < -0.39 is 18.6 Å². The lowest BCUT2D eigenvalue weighted by molar-refractivity contribution is -0.145. The van der Waals surface area contributed by atoms with Gasteiger partial charge < -0.3 is 25.0 Å². The largest absolute Gasteiger partial charge is 0.480 e. The fourth-order valence-corrected chi connectivity index (χ4v) is 3.43. The molecule has 1 unspecified atom stereocenters. The van der Waals surface area contributed by atoms with Gasteiger partial charge >= 0.3 is 5.97 Å². The molecule has 0 radical (unpaired) electrons. The highest BCUT2D eigenvalue weighted by atomic mass is 16.5. The van der Waals surface area contributed by atoms with Crippen LogP contribution in [-0.4, -0.2) is 77.5 Å². The molecular formula is C19H23N3O6. The summed E-state index contributed by atoms with van der Waals surface area (Å²) in [4.78, 5) is 49.8. The zero-order valence-corrected chi connectivity index (χ0v) is 15.6. The number of carboxylic acid groups (broad SMARTS) is 1. The zero-order valence-electron chi connectivity index (χ0n) is 15.6. The van der Waals surface area contributed by atoms with Crippen LogP contribution in [-0.2, 0) is 25.5 Å². The van der Waals surface area contributed by atoms with Crippen molar-refractivity contribution in [2.75, 3.05) is 38.1 Å². The van der Waals surface area contributed by atoms with Gasteiger partial charge in [-0.25, -0.2) is 0 Å². The van der Waals surface area contributed by atoms with Crippen LogP contribution in [0.3, 0.4) is 0 Å². The molecule has 2 aliphatic rings. The fraction of sp³-hybridized carbons (Fsp3) is 0.474. The maximum atomic E-state index is 12.9. The van der Waals surface area contributed by atoms with Crippen molar-refractivity contribution < 1.29 is 29.0 Å². The summed E-state index contributed by atoms with van der Waals surface area (Å²) in [6, 6.07) is 5.22. The summed E-state index contributed by atoms with van der Waals surface area (Å²) < 4.78 is 5.63. The molecule has 0 spiro atoms. The van der Waals surface area contributed by atoms with Gasteiger partial charge in [-0.15, -0.1) is 0 Å². The van der Waals surface area contributed by atoms with E-state index in [-0.39, 0.29) is 30.8 Å². The van der Waals surface area contributed by atoms with Crippen molar-refractivity contribution in [3.05, 3.63) is 29.3 Å². The minimum absolute atomic E-state index is 0.0287. The Balaban J connectivity index is 1.66. The van der Waals surface area contributed by atoms with Gasteiger partial charge in [0.25, 0.3) is 5.91 Å². The lowest BCUT2D eigenvalue weighted by Gasteiger charge is -2.35. The standard InChI is InChI=1S/C19H23N3O6/c1-12(23)22(11-18(25)26)10-15-9-21(6-7-28-15)19(27)14-2-4-16-13(8-14)3-5-17(24)20-16/h2,4,8,15H,3,5-7,9-11H2,1H3,(H,20,24)(H,25,26). The predicted octanol–water partition coefficient (Wildman–Crippen LogP) is 0.345. The number of ether oxygens (including phenoxy) is 1. The van der Waals surface area contributed by atoms with Gasteiger partial charge in [0.05, 0.1) is 12.7 Å². The lowest BCUT2D eigenvalue weighted by Crippen LogP contribution is -2.51. The third-order valence-electron chi connectivity index (χ3n) is 4.87. The monoisotopic (exact) mass is 389 g/mol. The van der Waals surface area contributed by atoms with E-state index >= 15 is 0 Å². The summed E-state index contributed by atoms with van der Waals surface area (Å²) in [5.74, 6) is -1.63. The van der Waals surface area contributed by atoms with E-state index in [2.05, 4.69) is 5.32 Å². The number of carbonyl (C=O) groups excluding carboxylic acids is 3. The smallest absolute Gasteiger partial charge is 0.323 e. The number of hydrogen-bond acceptors (Lipinski definition) is 5.